The Bertz CT molecular complexity index is 1020. The summed E-state index contributed by atoms with van der Waals surface area (Å²) in [5, 5.41) is 8.02. The third-order valence-electron chi connectivity index (χ3n) is 6.06. The first-order valence-corrected chi connectivity index (χ1v) is 11.5. The van der Waals surface area contributed by atoms with Crippen molar-refractivity contribution in [2.24, 2.45) is 11.8 Å². The Balaban J connectivity index is 0.999. The van der Waals surface area contributed by atoms with Gasteiger partial charge in [-0.2, -0.15) is 9.78 Å². The van der Waals surface area contributed by atoms with Gasteiger partial charge >= 0.3 is 0 Å². The van der Waals surface area contributed by atoms with Gasteiger partial charge in [-0.05, 0) is 43.9 Å². The fraction of sp³-hybridized carbons (Fsp3) is 0.455. The molecule has 2 fully saturated rings. The van der Waals surface area contributed by atoms with E-state index in [1.807, 2.05) is 0 Å². The summed E-state index contributed by atoms with van der Waals surface area (Å²) in [5.74, 6) is 2.89. The lowest BCUT2D eigenvalue weighted by molar-refractivity contribution is 0.643. The number of piperidine rings is 1. The maximum Gasteiger partial charge on any atom is 0.252 e. The minimum atomic E-state index is 0.522. The van der Waals surface area contributed by atoms with Crippen LogP contribution in [0.15, 0.2) is 49.1 Å². The fourth-order valence-electron chi connectivity index (χ4n) is 4.18. The van der Waals surface area contributed by atoms with E-state index in [0.717, 1.165) is 62.4 Å². The van der Waals surface area contributed by atoms with Crippen molar-refractivity contribution in [3.8, 4) is 5.95 Å². The highest BCUT2D eigenvalue weighted by atomic mass is 35.5. The topological polar surface area (TPSA) is 97.5 Å². The molecule has 0 aromatic carbocycles. The first-order chi connectivity index (χ1) is 15.7. The molecule has 166 valence electrons. The third-order valence-corrected chi connectivity index (χ3v) is 6.26. The van der Waals surface area contributed by atoms with Crippen molar-refractivity contribution >= 4 is 23.2 Å². The molecule has 32 heavy (non-hydrogen) atoms. The molecule has 9 nitrogen and oxygen atoms in total. The highest BCUT2D eigenvalue weighted by Crippen LogP contribution is 2.44. The Labute approximate surface area is 192 Å². The van der Waals surface area contributed by atoms with E-state index >= 15 is 0 Å². The van der Waals surface area contributed by atoms with E-state index in [0.29, 0.717) is 11.0 Å². The summed E-state index contributed by atoms with van der Waals surface area (Å²) in [6, 6.07) is 0. The van der Waals surface area contributed by atoms with Crippen LogP contribution in [0.25, 0.3) is 5.95 Å². The van der Waals surface area contributed by atoms with Crippen LogP contribution in [0, 0.1) is 11.8 Å². The van der Waals surface area contributed by atoms with Crippen molar-refractivity contribution in [1.82, 2.24) is 34.7 Å². The number of hydrogen-bond acceptors (Lipinski definition) is 8. The summed E-state index contributed by atoms with van der Waals surface area (Å²) in [7, 11) is 0. The Morgan fingerprint density at radius 2 is 1.78 bits per heavy atom. The largest absolute Gasteiger partial charge is 0.383 e. The van der Waals surface area contributed by atoms with Crippen LogP contribution in [0.2, 0.25) is 5.02 Å². The lowest BCUT2D eigenvalue weighted by Crippen LogP contribution is -2.32. The zero-order valence-electron chi connectivity index (χ0n) is 17.8. The van der Waals surface area contributed by atoms with Crippen molar-refractivity contribution in [3.63, 3.8) is 0 Å². The molecule has 0 radical (unpaired) electrons. The van der Waals surface area contributed by atoms with Gasteiger partial charge in [-0.3, -0.25) is 0 Å². The summed E-state index contributed by atoms with van der Waals surface area (Å²) >= 11 is 5.88. The molecule has 0 spiro atoms. The molecular formula is C22H26ClN9. The van der Waals surface area contributed by atoms with Crippen molar-refractivity contribution < 1.29 is 0 Å². The second kappa shape index (κ2) is 9.60. The van der Waals surface area contributed by atoms with Crippen LogP contribution in [0.1, 0.15) is 32.1 Å². The first-order valence-electron chi connectivity index (χ1n) is 11.1. The Morgan fingerprint density at radius 3 is 2.50 bits per heavy atom. The number of rotatable bonds is 8. The molecule has 3 aromatic rings. The van der Waals surface area contributed by atoms with Gasteiger partial charge in [-0.25, -0.2) is 24.9 Å². The number of nitrogens with one attached hydrogen (secondary N) is 1. The second-order valence-electron chi connectivity index (χ2n) is 8.35. The van der Waals surface area contributed by atoms with E-state index in [1.165, 1.54) is 19.2 Å². The molecular weight excluding hydrogens is 426 g/mol. The smallest absolute Gasteiger partial charge is 0.252 e. The summed E-state index contributed by atoms with van der Waals surface area (Å²) in [5.41, 5.74) is 2.52. The van der Waals surface area contributed by atoms with Crippen LogP contribution >= 0.6 is 11.6 Å². The summed E-state index contributed by atoms with van der Waals surface area (Å²) in [6.45, 7) is 2.89. The molecule has 0 bridgehead atoms. The van der Waals surface area contributed by atoms with Gasteiger partial charge in [-0.1, -0.05) is 23.3 Å². The average molecular weight is 452 g/mol. The Kier molecular flexibility index (Phi) is 6.24. The van der Waals surface area contributed by atoms with Crippen molar-refractivity contribution in [2.75, 3.05) is 29.9 Å². The lowest BCUT2D eigenvalue weighted by Gasteiger charge is -2.28. The minimum absolute atomic E-state index is 0.522. The molecule has 2 atom stereocenters. The number of aromatic nitrogens is 7. The number of allylic oxidation sites excluding steroid dienone is 1. The van der Waals surface area contributed by atoms with Crippen LogP contribution in [0.4, 0.5) is 11.6 Å². The maximum atomic E-state index is 5.88. The minimum Gasteiger partial charge on any atom is -0.383 e. The molecule has 10 heteroatoms. The van der Waals surface area contributed by atoms with Crippen LogP contribution < -0.4 is 10.2 Å². The van der Waals surface area contributed by atoms with Gasteiger partial charge in [0.05, 0.1) is 35.5 Å². The highest BCUT2D eigenvalue weighted by molar-refractivity contribution is 6.30. The molecule has 1 aliphatic heterocycles. The molecule has 1 N–H and O–H groups in total. The monoisotopic (exact) mass is 451 g/mol. The van der Waals surface area contributed by atoms with E-state index < -0.39 is 0 Å². The highest BCUT2D eigenvalue weighted by Gasteiger charge is 2.34. The van der Waals surface area contributed by atoms with Gasteiger partial charge in [0, 0.05) is 19.6 Å². The van der Waals surface area contributed by atoms with Gasteiger partial charge in [0.15, 0.2) is 0 Å². The zero-order chi connectivity index (χ0) is 21.8. The second-order valence-corrected chi connectivity index (χ2v) is 8.79. The molecule has 0 amide bonds. The van der Waals surface area contributed by atoms with Crippen LogP contribution in [-0.2, 0) is 0 Å². The SMILES string of the molecule is Clc1cnc(N2CCC(=CC3CC3CCCNc3cnc(-n4cncn4)nc3)CC2)nc1. The van der Waals surface area contributed by atoms with E-state index in [2.05, 4.69) is 46.3 Å². The standard InChI is InChI=1S/C22H26ClN9/c23-19-10-26-21(27-11-19)31-6-3-16(4-7-31)8-18-9-17(18)2-1-5-25-20-12-28-22(29-13-20)32-15-24-14-30-32/h8,10-15,17-18,25H,1-7,9H2. The van der Waals surface area contributed by atoms with Crippen LogP contribution in [-0.4, -0.2) is 54.3 Å². The number of anilines is 2. The Hall–Kier alpha value is -3.07. The normalized spacial score (nSPS) is 20.3. The third kappa shape index (κ3) is 5.21. The zero-order valence-corrected chi connectivity index (χ0v) is 18.6. The predicted molar refractivity (Wildman–Crippen MR) is 123 cm³/mol. The summed E-state index contributed by atoms with van der Waals surface area (Å²) in [4.78, 5) is 23.4. The van der Waals surface area contributed by atoms with Crippen LogP contribution in [0.5, 0.6) is 0 Å². The number of halogens is 1. The van der Waals surface area contributed by atoms with Crippen molar-refractivity contribution in [2.45, 2.75) is 32.1 Å². The maximum absolute atomic E-state index is 5.88. The number of hydrogen-bond donors (Lipinski definition) is 1. The summed E-state index contributed by atoms with van der Waals surface area (Å²) < 4.78 is 1.54. The van der Waals surface area contributed by atoms with E-state index in [1.54, 1.807) is 41.4 Å². The molecule has 1 saturated heterocycles. The molecule has 2 unspecified atom stereocenters. The molecule has 1 aliphatic carbocycles. The van der Waals surface area contributed by atoms with E-state index in [4.69, 9.17) is 11.6 Å². The Morgan fingerprint density at radius 1 is 1.03 bits per heavy atom. The van der Waals surface area contributed by atoms with Crippen molar-refractivity contribution in [3.05, 3.63) is 54.1 Å². The van der Waals surface area contributed by atoms with Gasteiger partial charge in [0.2, 0.25) is 5.95 Å². The molecule has 5 rings (SSSR count). The number of nitrogens with zero attached hydrogens (tertiary/aromatic N) is 8. The van der Waals surface area contributed by atoms with Gasteiger partial charge in [0.1, 0.15) is 12.7 Å². The van der Waals surface area contributed by atoms with E-state index in [9.17, 15) is 0 Å². The van der Waals surface area contributed by atoms with Crippen molar-refractivity contribution in [1.29, 1.82) is 0 Å². The van der Waals surface area contributed by atoms with Gasteiger partial charge < -0.3 is 10.2 Å². The quantitative estimate of drug-likeness (QED) is 0.410. The average Bonchev–Trinajstić information content (AvgIpc) is 3.31. The molecule has 1 saturated carbocycles. The fourth-order valence-corrected chi connectivity index (χ4v) is 4.28. The summed E-state index contributed by atoms with van der Waals surface area (Å²) in [6.07, 6.45) is 18.4. The molecule has 4 heterocycles. The van der Waals surface area contributed by atoms with Gasteiger partial charge in [0.25, 0.3) is 5.95 Å². The predicted octanol–water partition coefficient (Wildman–Crippen LogP) is 3.56. The van der Waals surface area contributed by atoms with E-state index in [-0.39, 0.29) is 0 Å². The van der Waals surface area contributed by atoms with Gasteiger partial charge in [-0.15, -0.1) is 0 Å². The molecule has 2 aliphatic rings. The lowest BCUT2D eigenvalue weighted by atomic mass is 10.0. The van der Waals surface area contributed by atoms with Crippen LogP contribution in [0.3, 0.4) is 0 Å². The molecule has 3 aromatic heterocycles. The first kappa shape index (κ1) is 20.8.